The summed E-state index contributed by atoms with van der Waals surface area (Å²) in [5.41, 5.74) is 0.532. The van der Waals surface area contributed by atoms with Gasteiger partial charge in [-0.05, 0) is 30.7 Å². The minimum Gasteiger partial charge on any atom is -0.352 e. The van der Waals surface area contributed by atoms with Crippen LogP contribution in [-0.4, -0.2) is 32.8 Å². The SMILES string of the molecule is CC(=O)Nc1ccc(S(=O)(=O)NCC2CCC(=O)N2)cc1. The summed E-state index contributed by atoms with van der Waals surface area (Å²) in [6, 6.07) is 5.72. The number of nitrogens with one attached hydrogen (secondary N) is 3. The minimum absolute atomic E-state index is 0.0566. The zero-order valence-corrected chi connectivity index (χ0v) is 12.4. The number of rotatable bonds is 5. The third-order valence-corrected chi connectivity index (χ3v) is 4.53. The van der Waals surface area contributed by atoms with E-state index in [4.69, 9.17) is 0 Å². The van der Waals surface area contributed by atoms with Crippen LogP contribution in [0.2, 0.25) is 0 Å². The highest BCUT2D eigenvalue weighted by Gasteiger charge is 2.23. The van der Waals surface area contributed by atoms with Gasteiger partial charge in [-0.25, -0.2) is 13.1 Å². The topological polar surface area (TPSA) is 104 Å². The second kappa shape index (κ2) is 6.23. The number of carbonyl (C=O) groups excluding carboxylic acids is 2. The number of hydrogen-bond acceptors (Lipinski definition) is 4. The van der Waals surface area contributed by atoms with Gasteiger partial charge in [0.15, 0.2) is 0 Å². The summed E-state index contributed by atoms with van der Waals surface area (Å²) in [6.07, 6.45) is 1.06. The van der Waals surface area contributed by atoms with Gasteiger partial charge in [-0.15, -0.1) is 0 Å². The van der Waals surface area contributed by atoms with Gasteiger partial charge >= 0.3 is 0 Å². The maximum Gasteiger partial charge on any atom is 0.240 e. The Morgan fingerprint density at radius 1 is 1.33 bits per heavy atom. The van der Waals surface area contributed by atoms with Crippen molar-refractivity contribution in [1.29, 1.82) is 0 Å². The zero-order chi connectivity index (χ0) is 15.5. The number of anilines is 1. The van der Waals surface area contributed by atoms with Crippen LogP contribution in [0.5, 0.6) is 0 Å². The lowest BCUT2D eigenvalue weighted by Crippen LogP contribution is -2.38. The molecule has 0 saturated carbocycles. The predicted molar refractivity (Wildman–Crippen MR) is 77.1 cm³/mol. The largest absolute Gasteiger partial charge is 0.352 e. The van der Waals surface area contributed by atoms with Gasteiger partial charge < -0.3 is 10.6 Å². The standard InChI is InChI=1S/C13H17N3O4S/c1-9(17)15-10-2-5-12(6-3-10)21(19,20)14-8-11-4-7-13(18)16-11/h2-3,5-6,11,14H,4,7-8H2,1H3,(H,15,17)(H,16,18). The normalized spacial score (nSPS) is 18.3. The monoisotopic (exact) mass is 311 g/mol. The van der Waals surface area contributed by atoms with Crippen LogP contribution in [0.25, 0.3) is 0 Å². The van der Waals surface area contributed by atoms with Crippen molar-refractivity contribution in [1.82, 2.24) is 10.0 Å². The molecule has 0 bridgehead atoms. The molecule has 7 nitrogen and oxygen atoms in total. The molecule has 0 aromatic heterocycles. The third-order valence-electron chi connectivity index (χ3n) is 3.09. The molecule has 0 radical (unpaired) electrons. The third kappa shape index (κ3) is 4.27. The Morgan fingerprint density at radius 3 is 2.52 bits per heavy atom. The number of amides is 2. The Kier molecular flexibility index (Phi) is 4.59. The van der Waals surface area contributed by atoms with Crippen molar-refractivity contribution in [3.8, 4) is 0 Å². The molecule has 21 heavy (non-hydrogen) atoms. The quantitative estimate of drug-likeness (QED) is 0.722. The van der Waals surface area contributed by atoms with Gasteiger partial charge in [0.1, 0.15) is 0 Å². The van der Waals surface area contributed by atoms with Crippen LogP contribution in [0, 0.1) is 0 Å². The van der Waals surface area contributed by atoms with E-state index in [2.05, 4.69) is 15.4 Å². The summed E-state index contributed by atoms with van der Waals surface area (Å²) in [4.78, 5) is 22.1. The molecule has 1 unspecified atom stereocenters. The molecule has 1 saturated heterocycles. The van der Waals surface area contributed by atoms with Gasteiger partial charge in [-0.2, -0.15) is 0 Å². The highest BCUT2D eigenvalue weighted by atomic mass is 32.2. The van der Waals surface area contributed by atoms with Crippen molar-refractivity contribution in [2.24, 2.45) is 0 Å². The van der Waals surface area contributed by atoms with Crippen LogP contribution in [0.4, 0.5) is 5.69 Å². The van der Waals surface area contributed by atoms with Gasteiger partial charge in [0.25, 0.3) is 0 Å². The molecule has 1 fully saturated rings. The second-order valence-electron chi connectivity index (χ2n) is 4.86. The molecule has 0 spiro atoms. The Hall–Kier alpha value is -1.93. The van der Waals surface area contributed by atoms with Gasteiger partial charge in [0.05, 0.1) is 4.90 Å². The first-order valence-electron chi connectivity index (χ1n) is 6.53. The van der Waals surface area contributed by atoms with Crippen LogP contribution in [0.15, 0.2) is 29.2 Å². The first-order chi connectivity index (χ1) is 9.87. The smallest absolute Gasteiger partial charge is 0.240 e. The van der Waals surface area contributed by atoms with Gasteiger partial charge in [-0.3, -0.25) is 9.59 Å². The Bertz CT molecular complexity index is 640. The van der Waals surface area contributed by atoms with E-state index in [1.165, 1.54) is 31.2 Å². The summed E-state index contributed by atoms with van der Waals surface area (Å²) in [5.74, 6) is -0.278. The summed E-state index contributed by atoms with van der Waals surface area (Å²) in [6.45, 7) is 1.55. The van der Waals surface area contributed by atoms with E-state index in [0.29, 0.717) is 18.5 Å². The lowest BCUT2D eigenvalue weighted by Gasteiger charge is -2.12. The fraction of sp³-hybridized carbons (Fsp3) is 0.385. The maximum atomic E-state index is 12.1. The molecular weight excluding hydrogens is 294 g/mol. The molecule has 114 valence electrons. The van der Waals surface area contributed by atoms with E-state index < -0.39 is 10.0 Å². The van der Waals surface area contributed by atoms with Crippen molar-refractivity contribution >= 4 is 27.5 Å². The van der Waals surface area contributed by atoms with E-state index in [1.54, 1.807) is 0 Å². The van der Waals surface area contributed by atoms with Crippen molar-refractivity contribution in [2.45, 2.75) is 30.7 Å². The van der Waals surface area contributed by atoms with E-state index in [9.17, 15) is 18.0 Å². The minimum atomic E-state index is -3.62. The molecule has 2 amide bonds. The van der Waals surface area contributed by atoms with Gasteiger partial charge in [-0.1, -0.05) is 0 Å². The number of sulfonamides is 1. The first kappa shape index (κ1) is 15.5. The van der Waals surface area contributed by atoms with Crippen molar-refractivity contribution in [3.05, 3.63) is 24.3 Å². The lowest BCUT2D eigenvalue weighted by molar-refractivity contribution is -0.119. The Labute approximate surface area is 123 Å². The molecule has 3 N–H and O–H groups in total. The molecule has 1 atom stereocenters. The highest BCUT2D eigenvalue weighted by Crippen LogP contribution is 2.14. The van der Waals surface area contributed by atoms with Crippen molar-refractivity contribution in [3.63, 3.8) is 0 Å². The van der Waals surface area contributed by atoms with Crippen LogP contribution >= 0.6 is 0 Å². The average molecular weight is 311 g/mol. The molecule has 0 aliphatic carbocycles. The molecule has 1 heterocycles. The van der Waals surface area contributed by atoms with Crippen molar-refractivity contribution < 1.29 is 18.0 Å². The van der Waals surface area contributed by atoms with Gasteiger partial charge in [0, 0.05) is 31.6 Å². The maximum absolute atomic E-state index is 12.1. The van der Waals surface area contributed by atoms with Crippen LogP contribution < -0.4 is 15.4 Å². The van der Waals surface area contributed by atoms with E-state index in [1.807, 2.05) is 0 Å². The summed E-state index contributed by atoms with van der Waals surface area (Å²) < 4.78 is 26.7. The fourth-order valence-electron chi connectivity index (χ4n) is 2.04. The van der Waals surface area contributed by atoms with Gasteiger partial charge in [0.2, 0.25) is 21.8 Å². The molecule has 1 aliphatic heterocycles. The summed E-state index contributed by atoms with van der Waals surface area (Å²) in [7, 11) is -3.62. The predicted octanol–water partition coefficient (Wildman–Crippen LogP) is 0.202. The van der Waals surface area contributed by atoms with Crippen LogP contribution in [0.1, 0.15) is 19.8 Å². The molecule has 1 aromatic rings. The number of hydrogen-bond donors (Lipinski definition) is 3. The first-order valence-corrected chi connectivity index (χ1v) is 8.02. The summed E-state index contributed by atoms with van der Waals surface area (Å²) in [5, 5.41) is 5.26. The molecule has 8 heteroatoms. The Morgan fingerprint density at radius 2 is 2.00 bits per heavy atom. The average Bonchev–Trinajstić information content (AvgIpc) is 2.82. The van der Waals surface area contributed by atoms with Crippen LogP contribution in [-0.2, 0) is 19.6 Å². The second-order valence-corrected chi connectivity index (χ2v) is 6.63. The molecular formula is C13H17N3O4S. The number of carbonyl (C=O) groups is 2. The molecule has 1 aliphatic rings. The molecule has 1 aromatic carbocycles. The van der Waals surface area contributed by atoms with Crippen molar-refractivity contribution in [2.75, 3.05) is 11.9 Å². The van der Waals surface area contributed by atoms with E-state index in [0.717, 1.165) is 0 Å². The lowest BCUT2D eigenvalue weighted by atomic mass is 10.2. The van der Waals surface area contributed by atoms with E-state index in [-0.39, 0.29) is 29.3 Å². The highest BCUT2D eigenvalue weighted by molar-refractivity contribution is 7.89. The number of benzene rings is 1. The molecule has 2 rings (SSSR count). The fourth-order valence-corrected chi connectivity index (χ4v) is 3.13. The Balaban J connectivity index is 1.98. The van der Waals surface area contributed by atoms with E-state index >= 15 is 0 Å². The zero-order valence-electron chi connectivity index (χ0n) is 11.5. The summed E-state index contributed by atoms with van der Waals surface area (Å²) >= 11 is 0. The van der Waals surface area contributed by atoms with Crippen LogP contribution in [0.3, 0.4) is 0 Å².